The highest BCUT2D eigenvalue weighted by atomic mass is 35.5. The van der Waals surface area contributed by atoms with Gasteiger partial charge in [0.25, 0.3) is 11.6 Å². The lowest BCUT2D eigenvalue weighted by atomic mass is 10.0. The number of carbonyl (C=O) groups excluding carboxylic acids is 1. The fraction of sp³-hybridized carbons (Fsp3) is 0. The number of para-hydroxylation sites is 1. The van der Waals surface area contributed by atoms with E-state index >= 15 is 0 Å². The first-order chi connectivity index (χ1) is 17.9. The highest BCUT2D eigenvalue weighted by molar-refractivity contribution is 6.30. The quantitative estimate of drug-likeness (QED) is 0.186. The lowest BCUT2D eigenvalue weighted by Crippen LogP contribution is -2.13. The molecule has 0 saturated carbocycles. The van der Waals surface area contributed by atoms with Crippen LogP contribution in [0.1, 0.15) is 10.4 Å². The topological polar surface area (TPSA) is 94.4 Å². The minimum atomic E-state index is -0.590. The van der Waals surface area contributed by atoms with Crippen LogP contribution in [0.2, 0.25) is 5.02 Å². The third-order valence-corrected chi connectivity index (χ3v) is 5.76. The summed E-state index contributed by atoms with van der Waals surface area (Å²) in [5.74, 6) is -0.534. The number of carbonyl (C=O) groups is 1. The summed E-state index contributed by atoms with van der Waals surface area (Å²) in [5.41, 5.74) is 2.17. The Morgan fingerprint density at radius 3 is 2.38 bits per heavy atom. The van der Waals surface area contributed by atoms with Crippen LogP contribution in [0.5, 0.6) is 11.5 Å². The molecular weight excluding hydrogens is 497 g/mol. The second-order valence-corrected chi connectivity index (χ2v) is 8.50. The molecule has 5 rings (SSSR count). The van der Waals surface area contributed by atoms with Crippen LogP contribution < -0.4 is 10.1 Å². The number of aromatic nitrogens is 1. The summed E-state index contributed by atoms with van der Waals surface area (Å²) in [6.07, 6.45) is 0. The van der Waals surface area contributed by atoms with E-state index in [1.807, 2.05) is 6.07 Å². The molecule has 182 valence electrons. The number of non-ortho nitro benzene ring substituents is 1. The maximum absolute atomic E-state index is 13.4. The standard InChI is InChI=1S/C28H17ClFN3O4/c29-18-7-5-17(6-8-18)27-16-25(24-3-1-2-4-26(24)32-27)28(34)31-20-13-21(33(35)36)15-23(14-20)37-22-11-9-19(30)10-12-22/h1-16H,(H,31,34). The normalized spacial score (nSPS) is 10.8. The number of nitro groups is 1. The predicted molar refractivity (Wildman–Crippen MR) is 140 cm³/mol. The Kier molecular flexibility index (Phi) is 6.49. The highest BCUT2D eigenvalue weighted by Gasteiger charge is 2.17. The van der Waals surface area contributed by atoms with Gasteiger partial charge in [-0.1, -0.05) is 41.9 Å². The number of halogens is 2. The summed E-state index contributed by atoms with van der Waals surface area (Å²) in [6.45, 7) is 0. The van der Waals surface area contributed by atoms with E-state index in [-0.39, 0.29) is 22.9 Å². The molecule has 37 heavy (non-hydrogen) atoms. The Bertz CT molecular complexity index is 1640. The molecular formula is C28H17ClFN3O4. The smallest absolute Gasteiger partial charge is 0.275 e. The molecule has 5 aromatic rings. The maximum atomic E-state index is 13.4. The molecule has 0 saturated heterocycles. The molecule has 1 amide bonds. The Balaban J connectivity index is 1.52. The zero-order valence-corrected chi connectivity index (χ0v) is 19.8. The zero-order chi connectivity index (χ0) is 25.9. The van der Waals surface area contributed by atoms with Gasteiger partial charge >= 0.3 is 0 Å². The lowest BCUT2D eigenvalue weighted by Gasteiger charge is -2.12. The molecule has 0 unspecified atom stereocenters. The number of nitrogens with one attached hydrogen (secondary N) is 1. The van der Waals surface area contributed by atoms with Gasteiger partial charge in [-0.2, -0.15) is 0 Å². The fourth-order valence-corrected chi connectivity index (χ4v) is 3.91. The largest absolute Gasteiger partial charge is 0.457 e. The molecule has 4 aromatic carbocycles. The Hall–Kier alpha value is -4.82. The van der Waals surface area contributed by atoms with Crippen LogP contribution >= 0.6 is 11.6 Å². The van der Waals surface area contributed by atoms with Crippen molar-refractivity contribution < 1.29 is 18.8 Å². The van der Waals surface area contributed by atoms with Gasteiger partial charge in [-0.3, -0.25) is 14.9 Å². The summed E-state index contributed by atoms with van der Waals surface area (Å²) in [5, 5.41) is 15.5. The molecule has 1 heterocycles. The number of nitrogens with zero attached hydrogens (tertiary/aromatic N) is 2. The number of pyridine rings is 1. The van der Waals surface area contributed by atoms with Gasteiger partial charge in [-0.25, -0.2) is 9.37 Å². The third-order valence-electron chi connectivity index (χ3n) is 5.51. The van der Waals surface area contributed by atoms with Crippen LogP contribution in [0.25, 0.3) is 22.2 Å². The lowest BCUT2D eigenvalue weighted by molar-refractivity contribution is -0.384. The number of hydrogen-bond donors (Lipinski definition) is 1. The number of nitro benzene ring substituents is 1. The summed E-state index contributed by atoms with van der Waals surface area (Å²) in [6, 6.07) is 25.1. The number of benzene rings is 4. The van der Waals surface area contributed by atoms with Crippen molar-refractivity contribution in [3.63, 3.8) is 0 Å². The van der Waals surface area contributed by atoms with Gasteiger partial charge in [-0.05, 0) is 48.5 Å². The van der Waals surface area contributed by atoms with E-state index in [0.717, 1.165) is 5.56 Å². The molecule has 0 radical (unpaired) electrons. The highest BCUT2D eigenvalue weighted by Crippen LogP contribution is 2.31. The second kappa shape index (κ2) is 10.0. The van der Waals surface area contributed by atoms with Crippen LogP contribution in [0.4, 0.5) is 15.8 Å². The molecule has 9 heteroatoms. The van der Waals surface area contributed by atoms with Crippen molar-refractivity contribution in [1.82, 2.24) is 4.98 Å². The van der Waals surface area contributed by atoms with Crippen LogP contribution in [0, 0.1) is 15.9 Å². The number of hydrogen-bond acceptors (Lipinski definition) is 5. The molecule has 1 N–H and O–H groups in total. The molecule has 7 nitrogen and oxygen atoms in total. The first-order valence-electron chi connectivity index (χ1n) is 11.1. The Morgan fingerprint density at radius 2 is 1.65 bits per heavy atom. The van der Waals surface area contributed by atoms with E-state index in [9.17, 15) is 19.3 Å². The average Bonchev–Trinajstić information content (AvgIpc) is 2.89. The number of rotatable bonds is 6. The summed E-state index contributed by atoms with van der Waals surface area (Å²) in [4.78, 5) is 29.1. The minimum absolute atomic E-state index is 0.109. The number of fused-ring (bicyclic) bond motifs is 1. The van der Waals surface area contributed by atoms with E-state index in [1.165, 1.54) is 42.5 Å². The summed E-state index contributed by atoms with van der Waals surface area (Å²) >= 11 is 6.01. The molecule has 0 aliphatic heterocycles. The number of amides is 1. The van der Waals surface area contributed by atoms with Gasteiger partial charge in [0.05, 0.1) is 33.5 Å². The molecule has 0 aliphatic rings. The van der Waals surface area contributed by atoms with Crippen LogP contribution in [0.15, 0.2) is 97.1 Å². The van der Waals surface area contributed by atoms with Crippen molar-refractivity contribution in [2.75, 3.05) is 5.32 Å². The van der Waals surface area contributed by atoms with Gasteiger partial charge in [0.1, 0.15) is 17.3 Å². The minimum Gasteiger partial charge on any atom is -0.457 e. The predicted octanol–water partition coefficient (Wildman–Crippen LogP) is 7.65. The SMILES string of the molecule is O=C(Nc1cc(Oc2ccc(F)cc2)cc([N+](=O)[O-])c1)c1cc(-c2ccc(Cl)cc2)nc2ccccc12. The van der Waals surface area contributed by atoms with E-state index in [2.05, 4.69) is 10.3 Å². The summed E-state index contributed by atoms with van der Waals surface area (Å²) < 4.78 is 18.9. The van der Waals surface area contributed by atoms with E-state index in [4.69, 9.17) is 16.3 Å². The van der Waals surface area contributed by atoms with Crippen molar-refractivity contribution >= 4 is 39.8 Å². The van der Waals surface area contributed by atoms with Gasteiger partial charge in [0.15, 0.2) is 0 Å². The van der Waals surface area contributed by atoms with Gasteiger partial charge in [0.2, 0.25) is 0 Å². The van der Waals surface area contributed by atoms with E-state index in [0.29, 0.717) is 27.2 Å². The molecule has 0 spiro atoms. The molecule has 0 aliphatic carbocycles. The van der Waals surface area contributed by atoms with Gasteiger partial charge in [-0.15, -0.1) is 0 Å². The number of ether oxygens (including phenoxy) is 1. The Morgan fingerprint density at radius 1 is 0.919 bits per heavy atom. The van der Waals surface area contributed by atoms with Crippen molar-refractivity contribution in [2.24, 2.45) is 0 Å². The van der Waals surface area contributed by atoms with E-state index < -0.39 is 16.6 Å². The molecule has 0 atom stereocenters. The first-order valence-corrected chi connectivity index (χ1v) is 11.4. The fourth-order valence-electron chi connectivity index (χ4n) is 3.79. The number of anilines is 1. The van der Waals surface area contributed by atoms with Gasteiger partial charge in [0, 0.05) is 28.1 Å². The molecule has 0 fully saturated rings. The maximum Gasteiger partial charge on any atom is 0.275 e. The van der Waals surface area contributed by atoms with Crippen molar-refractivity contribution in [1.29, 1.82) is 0 Å². The molecule has 0 bridgehead atoms. The van der Waals surface area contributed by atoms with Crippen LogP contribution in [-0.2, 0) is 0 Å². The van der Waals surface area contributed by atoms with Crippen LogP contribution in [0.3, 0.4) is 0 Å². The first kappa shape index (κ1) is 23.9. The summed E-state index contributed by atoms with van der Waals surface area (Å²) in [7, 11) is 0. The van der Waals surface area contributed by atoms with Crippen molar-refractivity contribution in [3.8, 4) is 22.8 Å². The van der Waals surface area contributed by atoms with Gasteiger partial charge < -0.3 is 10.1 Å². The van der Waals surface area contributed by atoms with Crippen molar-refractivity contribution in [3.05, 3.63) is 124 Å². The average molecular weight is 514 g/mol. The molecule has 1 aromatic heterocycles. The van der Waals surface area contributed by atoms with Crippen LogP contribution in [-0.4, -0.2) is 15.8 Å². The Labute approximate surface area is 215 Å². The zero-order valence-electron chi connectivity index (χ0n) is 19.0. The second-order valence-electron chi connectivity index (χ2n) is 8.06. The monoisotopic (exact) mass is 513 g/mol. The van der Waals surface area contributed by atoms with E-state index in [1.54, 1.807) is 48.5 Å². The third kappa shape index (κ3) is 5.39. The van der Waals surface area contributed by atoms with Crippen molar-refractivity contribution in [2.45, 2.75) is 0 Å².